The highest BCUT2D eigenvalue weighted by Gasteiger charge is 2.30. The molecule has 1 aromatic heterocycles. The molecule has 2 N–H and O–H groups in total. The van der Waals surface area contributed by atoms with Gasteiger partial charge in [0.1, 0.15) is 5.82 Å². The fourth-order valence-electron chi connectivity index (χ4n) is 2.74. The maximum Gasteiger partial charge on any atom is 0.417 e. The first-order valence-electron chi connectivity index (χ1n) is 8.81. The maximum atomic E-state index is 12.4. The van der Waals surface area contributed by atoms with Gasteiger partial charge in [-0.15, -0.1) is 0 Å². The summed E-state index contributed by atoms with van der Waals surface area (Å²) in [5.41, 5.74) is -0.775. The Morgan fingerprint density at radius 1 is 1.31 bits per heavy atom. The van der Waals surface area contributed by atoms with Gasteiger partial charge in [0.25, 0.3) is 0 Å². The molecule has 2 rings (SSSR count). The number of carbonyl (C=O) groups excluding carboxylic acids is 1. The van der Waals surface area contributed by atoms with Crippen molar-refractivity contribution < 1.29 is 22.7 Å². The van der Waals surface area contributed by atoms with Crippen LogP contribution < -0.4 is 10.6 Å². The van der Waals surface area contributed by atoms with Gasteiger partial charge in [0, 0.05) is 39.0 Å². The van der Waals surface area contributed by atoms with Crippen molar-refractivity contribution in [3.05, 3.63) is 23.9 Å². The third-order valence-corrected chi connectivity index (χ3v) is 4.16. The lowest BCUT2D eigenvalue weighted by Crippen LogP contribution is -2.46. The molecule has 0 aliphatic carbocycles. The predicted octanol–water partition coefficient (Wildman–Crippen LogP) is 3.11. The van der Waals surface area contributed by atoms with Gasteiger partial charge in [-0.2, -0.15) is 13.2 Å². The summed E-state index contributed by atoms with van der Waals surface area (Å²) >= 11 is 0. The third kappa shape index (κ3) is 6.36. The van der Waals surface area contributed by atoms with Crippen LogP contribution in [0.3, 0.4) is 0 Å². The van der Waals surface area contributed by atoms with Crippen molar-refractivity contribution in [3.63, 3.8) is 0 Å². The molecule has 0 aromatic carbocycles. The van der Waals surface area contributed by atoms with Gasteiger partial charge in [0.05, 0.1) is 11.7 Å². The number of carbonyl (C=O) groups is 1. The summed E-state index contributed by atoms with van der Waals surface area (Å²) in [5.74, 6) is 0.377. The summed E-state index contributed by atoms with van der Waals surface area (Å²) in [6, 6.07) is 2.19. The average molecular weight is 374 g/mol. The van der Waals surface area contributed by atoms with Crippen LogP contribution in [0.1, 0.15) is 31.7 Å². The van der Waals surface area contributed by atoms with Crippen molar-refractivity contribution in [1.29, 1.82) is 0 Å². The number of likely N-dealkylation sites (tertiary alicyclic amines) is 1. The highest BCUT2D eigenvalue weighted by atomic mass is 19.4. The van der Waals surface area contributed by atoms with Crippen molar-refractivity contribution in [1.82, 2.24) is 15.2 Å². The van der Waals surface area contributed by atoms with Crippen molar-refractivity contribution >= 4 is 11.8 Å². The number of pyridine rings is 1. The van der Waals surface area contributed by atoms with Crippen LogP contribution in [0.15, 0.2) is 18.3 Å². The molecule has 1 fully saturated rings. The van der Waals surface area contributed by atoms with Crippen molar-refractivity contribution in [2.45, 2.75) is 38.5 Å². The molecule has 146 valence electrons. The fourth-order valence-corrected chi connectivity index (χ4v) is 2.74. The van der Waals surface area contributed by atoms with Crippen LogP contribution >= 0.6 is 0 Å². The minimum atomic E-state index is -4.38. The minimum absolute atomic E-state index is 0.0902. The zero-order valence-corrected chi connectivity index (χ0v) is 14.8. The largest absolute Gasteiger partial charge is 0.417 e. The van der Waals surface area contributed by atoms with Gasteiger partial charge >= 0.3 is 12.2 Å². The number of aromatic nitrogens is 1. The Morgan fingerprint density at radius 2 is 2.04 bits per heavy atom. The highest BCUT2D eigenvalue weighted by molar-refractivity contribution is 5.74. The molecule has 2 amide bonds. The summed E-state index contributed by atoms with van der Waals surface area (Å²) in [6.45, 7) is 5.02. The molecule has 2 heterocycles. The number of piperidine rings is 1. The lowest BCUT2D eigenvalue weighted by molar-refractivity contribution is -0.137. The molecule has 6 nitrogen and oxygen atoms in total. The van der Waals surface area contributed by atoms with Gasteiger partial charge < -0.3 is 20.3 Å². The van der Waals surface area contributed by atoms with E-state index < -0.39 is 11.7 Å². The number of anilines is 1. The molecule has 0 spiro atoms. The smallest absolute Gasteiger partial charge is 0.378 e. The number of amides is 2. The van der Waals surface area contributed by atoms with Crippen LogP contribution in [0.5, 0.6) is 0 Å². The van der Waals surface area contributed by atoms with Gasteiger partial charge in [0.2, 0.25) is 0 Å². The van der Waals surface area contributed by atoms with Crippen molar-refractivity contribution in [2.24, 2.45) is 0 Å². The number of ether oxygens (including phenoxy) is 1. The first-order valence-corrected chi connectivity index (χ1v) is 8.81. The number of rotatable bonds is 7. The van der Waals surface area contributed by atoms with Crippen LogP contribution in [0, 0.1) is 0 Å². The Labute approximate surface area is 151 Å². The Morgan fingerprint density at radius 3 is 2.62 bits per heavy atom. The zero-order valence-electron chi connectivity index (χ0n) is 14.8. The lowest BCUT2D eigenvalue weighted by Gasteiger charge is -2.31. The van der Waals surface area contributed by atoms with E-state index in [1.54, 1.807) is 4.90 Å². The van der Waals surface area contributed by atoms with Crippen LogP contribution in [-0.4, -0.2) is 54.8 Å². The van der Waals surface area contributed by atoms with E-state index in [0.29, 0.717) is 45.0 Å². The van der Waals surface area contributed by atoms with Gasteiger partial charge in [-0.25, -0.2) is 9.78 Å². The van der Waals surface area contributed by atoms with Crippen molar-refractivity contribution in [2.75, 3.05) is 38.1 Å². The first-order chi connectivity index (χ1) is 12.4. The van der Waals surface area contributed by atoms with E-state index in [1.165, 1.54) is 6.07 Å². The summed E-state index contributed by atoms with van der Waals surface area (Å²) < 4.78 is 42.9. The summed E-state index contributed by atoms with van der Waals surface area (Å²) in [6.07, 6.45) is -0.998. The van der Waals surface area contributed by atoms with Gasteiger partial charge in [-0.1, -0.05) is 0 Å². The van der Waals surface area contributed by atoms with Crippen LogP contribution in [-0.2, 0) is 10.9 Å². The number of hydrogen-bond donors (Lipinski definition) is 2. The van der Waals surface area contributed by atoms with Gasteiger partial charge in [-0.3, -0.25) is 0 Å². The van der Waals surface area contributed by atoms with E-state index >= 15 is 0 Å². The summed E-state index contributed by atoms with van der Waals surface area (Å²) in [5, 5.41) is 5.79. The molecular weight excluding hydrogens is 349 g/mol. The van der Waals surface area contributed by atoms with Crippen LogP contribution in [0.25, 0.3) is 0 Å². The molecule has 1 aromatic rings. The standard InChI is InChI=1S/C17H25F3N4O2/c1-2-26-14-6-10-24(11-7-14)16(25)22-9-3-8-21-15-5-4-13(12-23-15)17(18,19)20/h4-5,12,14H,2-3,6-11H2,1H3,(H,21,23)(H,22,25). The monoisotopic (exact) mass is 374 g/mol. The van der Waals surface area contributed by atoms with E-state index in [1.807, 2.05) is 6.92 Å². The molecule has 0 radical (unpaired) electrons. The van der Waals surface area contributed by atoms with Crippen molar-refractivity contribution in [3.8, 4) is 0 Å². The lowest BCUT2D eigenvalue weighted by atomic mass is 10.1. The summed E-state index contributed by atoms with van der Waals surface area (Å²) in [7, 11) is 0. The Balaban J connectivity index is 1.60. The predicted molar refractivity (Wildman–Crippen MR) is 92.0 cm³/mol. The van der Waals surface area contributed by atoms with Crippen LogP contribution in [0.4, 0.5) is 23.8 Å². The Hall–Kier alpha value is -2.03. The van der Waals surface area contributed by atoms with Gasteiger partial charge in [0.15, 0.2) is 0 Å². The van der Waals surface area contributed by atoms with E-state index in [4.69, 9.17) is 4.74 Å². The third-order valence-electron chi connectivity index (χ3n) is 4.16. The van der Waals surface area contributed by atoms with E-state index in [9.17, 15) is 18.0 Å². The molecule has 1 aliphatic rings. The highest BCUT2D eigenvalue weighted by Crippen LogP contribution is 2.28. The first kappa shape index (κ1) is 20.3. The Kier molecular flexibility index (Phi) is 7.50. The number of alkyl halides is 3. The molecular formula is C17H25F3N4O2. The molecule has 0 saturated carbocycles. The quantitative estimate of drug-likeness (QED) is 0.720. The topological polar surface area (TPSA) is 66.5 Å². The second kappa shape index (κ2) is 9.61. The molecule has 1 aliphatic heterocycles. The number of nitrogens with one attached hydrogen (secondary N) is 2. The van der Waals surface area contributed by atoms with Crippen LogP contribution in [0.2, 0.25) is 0 Å². The average Bonchev–Trinajstić information content (AvgIpc) is 2.62. The number of urea groups is 1. The summed E-state index contributed by atoms with van der Waals surface area (Å²) in [4.78, 5) is 17.6. The SMILES string of the molecule is CCOC1CCN(C(=O)NCCCNc2ccc(C(F)(F)F)cn2)CC1. The molecule has 0 atom stereocenters. The molecule has 0 bridgehead atoms. The zero-order chi connectivity index (χ0) is 19.0. The molecule has 0 unspecified atom stereocenters. The van der Waals surface area contributed by atoms with E-state index in [0.717, 1.165) is 25.1 Å². The van der Waals surface area contributed by atoms with Gasteiger partial charge in [-0.05, 0) is 38.3 Å². The van der Waals surface area contributed by atoms with E-state index in [-0.39, 0.29) is 12.1 Å². The van der Waals surface area contributed by atoms with E-state index in [2.05, 4.69) is 15.6 Å². The fraction of sp³-hybridized carbons (Fsp3) is 0.647. The minimum Gasteiger partial charge on any atom is -0.378 e. The number of hydrogen-bond acceptors (Lipinski definition) is 4. The number of halogens is 3. The second-order valence-corrected chi connectivity index (χ2v) is 6.08. The molecule has 1 saturated heterocycles. The Bertz CT molecular complexity index is 558. The number of nitrogens with zero attached hydrogens (tertiary/aromatic N) is 2. The second-order valence-electron chi connectivity index (χ2n) is 6.08. The molecule has 26 heavy (non-hydrogen) atoms. The normalized spacial score (nSPS) is 15.8. The maximum absolute atomic E-state index is 12.4. The molecule has 9 heteroatoms.